The number of nitrogens with two attached hydrogens (primary N) is 1. The Hall–Kier alpha value is -0.850. The number of hydrogen-bond donors (Lipinski definition) is 1. The first-order valence-corrected chi connectivity index (χ1v) is 10.3. The maximum atomic E-state index is 12.2. The largest absolute Gasteiger partial charge is 0.484 e. The Bertz CT molecular complexity index is 518. The predicted octanol–water partition coefficient (Wildman–Crippen LogP) is 2.88. The van der Waals surface area contributed by atoms with Crippen LogP contribution in [0.4, 0.5) is 0 Å². The fourth-order valence-electron chi connectivity index (χ4n) is 2.87. The summed E-state index contributed by atoms with van der Waals surface area (Å²) >= 11 is 4.02. The first-order valence-electron chi connectivity index (χ1n) is 8.22. The van der Waals surface area contributed by atoms with Crippen molar-refractivity contribution >= 4 is 29.4 Å². The highest BCUT2D eigenvalue weighted by molar-refractivity contribution is 8.16. The number of piperidine rings is 1. The topological polar surface area (TPSA) is 55.6 Å². The van der Waals surface area contributed by atoms with Crippen molar-refractivity contribution in [3.63, 3.8) is 0 Å². The number of ether oxygens (including phenoxy) is 1. The van der Waals surface area contributed by atoms with E-state index in [1.54, 1.807) is 0 Å². The summed E-state index contributed by atoms with van der Waals surface area (Å²) in [5.74, 6) is 3.27. The number of amides is 1. The summed E-state index contributed by atoms with van der Waals surface area (Å²) in [5.41, 5.74) is 7.25. The molecule has 0 radical (unpaired) electrons. The van der Waals surface area contributed by atoms with Gasteiger partial charge in [-0.3, -0.25) is 4.79 Å². The van der Waals surface area contributed by atoms with Crippen molar-refractivity contribution in [2.45, 2.75) is 29.9 Å². The number of nitrogens with zero attached hydrogens (tertiary/aromatic N) is 1. The van der Waals surface area contributed by atoms with E-state index < -0.39 is 0 Å². The molecule has 2 heterocycles. The summed E-state index contributed by atoms with van der Waals surface area (Å²) in [6.45, 7) is 1.54. The van der Waals surface area contributed by atoms with Crippen LogP contribution in [-0.2, 0) is 4.79 Å². The Morgan fingerprint density at radius 2 is 1.96 bits per heavy atom. The maximum Gasteiger partial charge on any atom is 0.260 e. The van der Waals surface area contributed by atoms with Gasteiger partial charge in [0.2, 0.25) is 0 Å². The number of thioether (sulfide) groups is 2. The van der Waals surface area contributed by atoms with E-state index in [0.717, 1.165) is 25.1 Å². The molecule has 2 fully saturated rings. The van der Waals surface area contributed by atoms with Crippen LogP contribution in [0.1, 0.15) is 29.4 Å². The van der Waals surface area contributed by atoms with Gasteiger partial charge < -0.3 is 15.4 Å². The number of benzene rings is 1. The van der Waals surface area contributed by atoms with Crippen LogP contribution >= 0.6 is 23.5 Å². The summed E-state index contributed by atoms with van der Waals surface area (Å²) < 4.78 is 6.19. The zero-order chi connectivity index (χ0) is 16.1. The number of carbonyl (C=O) groups is 1. The van der Waals surface area contributed by atoms with E-state index >= 15 is 0 Å². The van der Waals surface area contributed by atoms with Crippen LogP contribution < -0.4 is 10.5 Å². The van der Waals surface area contributed by atoms with E-state index in [0.29, 0.717) is 11.1 Å². The number of carbonyl (C=O) groups excluding carboxylic acids is 1. The highest BCUT2D eigenvalue weighted by atomic mass is 32.2. The van der Waals surface area contributed by atoms with Crippen molar-refractivity contribution in [2.75, 3.05) is 31.2 Å². The number of rotatable bonds is 4. The van der Waals surface area contributed by atoms with Crippen LogP contribution in [0.5, 0.6) is 5.75 Å². The molecular weight excluding hydrogens is 328 g/mol. The van der Waals surface area contributed by atoms with E-state index in [4.69, 9.17) is 10.5 Å². The minimum Gasteiger partial charge on any atom is -0.484 e. The fraction of sp³-hybridized carbons (Fsp3) is 0.588. The summed E-state index contributed by atoms with van der Waals surface area (Å²) in [5, 5.41) is 0. The van der Waals surface area contributed by atoms with Crippen LogP contribution in [-0.4, -0.2) is 48.1 Å². The molecule has 0 spiro atoms. The Morgan fingerprint density at radius 1 is 1.22 bits per heavy atom. The van der Waals surface area contributed by atoms with Crippen LogP contribution in [0.2, 0.25) is 0 Å². The van der Waals surface area contributed by atoms with Gasteiger partial charge in [-0.15, -0.1) is 23.5 Å². The van der Waals surface area contributed by atoms with E-state index in [2.05, 4.69) is 12.1 Å². The molecule has 23 heavy (non-hydrogen) atoms. The highest BCUT2D eigenvalue weighted by Crippen LogP contribution is 2.43. The van der Waals surface area contributed by atoms with Gasteiger partial charge in [0, 0.05) is 19.1 Å². The zero-order valence-corrected chi connectivity index (χ0v) is 14.9. The van der Waals surface area contributed by atoms with Gasteiger partial charge in [-0.05, 0) is 48.5 Å². The van der Waals surface area contributed by atoms with Crippen LogP contribution in [0.3, 0.4) is 0 Å². The Morgan fingerprint density at radius 3 is 2.65 bits per heavy atom. The van der Waals surface area contributed by atoms with E-state index in [1.165, 1.54) is 23.5 Å². The third kappa shape index (κ3) is 4.81. The maximum absolute atomic E-state index is 12.2. The molecule has 0 aliphatic carbocycles. The molecule has 1 aromatic rings. The van der Waals surface area contributed by atoms with Gasteiger partial charge in [0.05, 0.1) is 4.58 Å². The molecule has 0 bridgehead atoms. The SMILES string of the molecule is NC1CCCN(C(=O)COc2ccc(C3SCCCS3)cc2)C1. The second-order valence-electron chi connectivity index (χ2n) is 6.03. The van der Waals surface area contributed by atoms with Gasteiger partial charge in [-0.25, -0.2) is 0 Å². The van der Waals surface area contributed by atoms with Gasteiger partial charge in [0.15, 0.2) is 6.61 Å². The zero-order valence-electron chi connectivity index (χ0n) is 13.3. The lowest BCUT2D eigenvalue weighted by atomic mass is 10.1. The molecule has 3 rings (SSSR count). The van der Waals surface area contributed by atoms with E-state index in [-0.39, 0.29) is 18.6 Å². The van der Waals surface area contributed by atoms with Crippen molar-refractivity contribution in [2.24, 2.45) is 5.73 Å². The highest BCUT2D eigenvalue weighted by Gasteiger charge is 2.21. The normalized spacial score (nSPS) is 22.8. The summed E-state index contributed by atoms with van der Waals surface area (Å²) in [6, 6.07) is 8.29. The molecule has 1 unspecified atom stereocenters. The first-order chi connectivity index (χ1) is 11.2. The molecule has 1 aromatic carbocycles. The summed E-state index contributed by atoms with van der Waals surface area (Å²) in [6.07, 6.45) is 3.29. The van der Waals surface area contributed by atoms with Crippen molar-refractivity contribution in [1.29, 1.82) is 0 Å². The number of likely N-dealkylation sites (tertiary alicyclic amines) is 1. The minimum atomic E-state index is 0.0302. The summed E-state index contributed by atoms with van der Waals surface area (Å²) in [7, 11) is 0. The Balaban J connectivity index is 1.49. The Kier molecular flexibility index (Phi) is 6.14. The van der Waals surface area contributed by atoms with Gasteiger partial charge >= 0.3 is 0 Å². The van der Waals surface area contributed by atoms with Crippen molar-refractivity contribution in [3.05, 3.63) is 29.8 Å². The molecular formula is C17H24N2O2S2. The second kappa shape index (κ2) is 8.31. The molecule has 2 N–H and O–H groups in total. The first kappa shape index (κ1) is 17.0. The summed E-state index contributed by atoms with van der Waals surface area (Å²) in [4.78, 5) is 14.0. The molecule has 1 amide bonds. The average Bonchev–Trinajstić information content (AvgIpc) is 2.61. The lowest BCUT2D eigenvalue weighted by Crippen LogP contribution is -2.47. The molecule has 2 aliphatic heterocycles. The fourth-order valence-corrected chi connectivity index (χ4v) is 5.77. The quantitative estimate of drug-likeness (QED) is 0.903. The van der Waals surface area contributed by atoms with Crippen LogP contribution in [0.15, 0.2) is 24.3 Å². The monoisotopic (exact) mass is 352 g/mol. The van der Waals surface area contributed by atoms with Crippen molar-refractivity contribution in [3.8, 4) is 5.75 Å². The molecule has 2 saturated heterocycles. The minimum absolute atomic E-state index is 0.0302. The smallest absolute Gasteiger partial charge is 0.260 e. The molecule has 4 nitrogen and oxygen atoms in total. The lowest BCUT2D eigenvalue weighted by Gasteiger charge is -2.30. The second-order valence-corrected chi connectivity index (χ2v) is 8.75. The third-order valence-corrected chi connectivity index (χ3v) is 7.17. The van der Waals surface area contributed by atoms with Gasteiger partial charge in [-0.1, -0.05) is 12.1 Å². The average molecular weight is 353 g/mol. The molecule has 0 saturated carbocycles. The van der Waals surface area contributed by atoms with Gasteiger partial charge in [0.1, 0.15) is 5.75 Å². The standard InChI is InChI=1S/C17H24N2O2S2/c18-14-3-1-8-19(11-14)16(20)12-21-15-6-4-13(5-7-15)17-22-9-2-10-23-17/h4-7,14,17H,1-3,8-12,18H2. The molecule has 2 aliphatic rings. The van der Waals surface area contributed by atoms with E-state index in [1.807, 2.05) is 40.6 Å². The molecule has 1 atom stereocenters. The van der Waals surface area contributed by atoms with Gasteiger partial charge in [0.25, 0.3) is 5.91 Å². The third-order valence-electron chi connectivity index (χ3n) is 4.15. The van der Waals surface area contributed by atoms with Crippen molar-refractivity contribution < 1.29 is 9.53 Å². The van der Waals surface area contributed by atoms with E-state index in [9.17, 15) is 4.79 Å². The predicted molar refractivity (Wildman–Crippen MR) is 98.0 cm³/mol. The number of hydrogen-bond acceptors (Lipinski definition) is 5. The van der Waals surface area contributed by atoms with Crippen molar-refractivity contribution in [1.82, 2.24) is 4.90 Å². The molecule has 6 heteroatoms. The lowest BCUT2D eigenvalue weighted by molar-refractivity contribution is -0.134. The van der Waals surface area contributed by atoms with Crippen LogP contribution in [0.25, 0.3) is 0 Å². The van der Waals surface area contributed by atoms with Gasteiger partial charge in [-0.2, -0.15) is 0 Å². The molecule has 0 aromatic heterocycles. The van der Waals surface area contributed by atoms with Crippen LogP contribution in [0, 0.1) is 0 Å². The molecule has 126 valence electrons. The Labute approximate surface area is 146 Å².